The van der Waals surface area contributed by atoms with Gasteiger partial charge in [-0.25, -0.2) is 4.79 Å². The third kappa shape index (κ3) is 7.92. The summed E-state index contributed by atoms with van der Waals surface area (Å²) in [5.74, 6) is -4.07. The molecule has 0 spiro atoms. The Bertz CT molecular complexity index is 1150. The van der Waals surface area contributed by atoms with Crippen molar-refractivity contribution in [3.8, 4) is 5.75 Å². The lowest BCUT2D eigenvalue weighted by Crippen LogP contribution is -2.55. The van der Waals surface area contributed by atoms with Crippen molar-refractivity contribution in [1.29, 1.82) is 0 Å². The lowest BCUT2D eigenvalue weighted by Gasteiger charge is -2.38. The number of rotatable bonds is 8. The van der Waals surface area contributed by atoms with Crippen LogP contribution in [0.4, 0.5) is 10.5 Å². The number of hydrogen-bond donors (Lipinski definition) is 2. The standard InChI is InChI=1S/C25H38ClN5O4.C2H2O4/c1-5-30-11-12-31(24(30)33)9-6-8-29-10-7-19(20(15-29)34-4)28-23(32)16-13-18(26)21(27)17-14-25(2,3)35-22(16)17;3-1(4)2(5)6/h13,19-20H,5-12,14-15,27H2,1-4H3,(H,28,32);(H,3,4)(H,5,6)/p-2. The van der Waals surface area contributed by atoms with E-state index >= 15 is 0 Å². The topological polar surface area (TPSA) is 181 Å². The first-order valence-electron chi connectivity index (χ1n) is 13.6. The second kappa shape index (κ2) is 13.6. The molecule has 0 aliphatic carbocycles. The summed E-state index contributed by atoms with van der Waals surface area (Å²) in [6.45, 7) is 11.6. The number of carboxylic acid groups (broad SMARTS) is 2. The number of urea groups is 1. The van der Waals surface area contributed by atoms with Crippen molar-refractivity contribution in [1.82, 2.24) is 20.0 Å². The molecule has 0 aromatic heterocycles. The number of piperidine rings is 1. The lowest BCUT2D eigenvalue weighted by molar-refractivity contribution is -0.345. The van der Waals surface area contributed by atoms with Crippen LogP contribution in [0.1, 0.15) is 49.5 Å². The number of likely N-dealkylation sites (tertiary alicyclic amines) is 1. The quantitative estimate of drug-likeness (QED) is 0.282. The number of halogens is 1. The highest BCUT2D eigenvalue weighted by Gasteiger charge is 2.37. The minimum Gasteiger partial charge on any atom is -0.543 e. The molecule has 2 saturated heterocycles. The molecule has 3 aliphatic rings. The third-order valence-electron chi connectivity index (χ3n) is 7.49. The van der Waals surface area contributed by atoms with E-state index in [0.29, 0.717) is 28.4 Å². The van der Waals surface area contributed by atoms with Crippen LogP contribution >= 0.6 is 11.6 Å². The fraction of sp³-hybridized carbons (Fsp3) is 0.630. The number of hydrogen-bond acceptors (Lipinski definition) is 10. The predicted octanol–water partition coefficient (Wildman–Crippen LogP) is -0.911. The molecule has 0 bridgehead atoms. The summed E-state index contributed by atoms with van der Waals surface area (Å²) < 4.78 is 11.8. The van der Waals surface area contributed by atoms with Crippen LogP contribution in [0.15, 0.2) is 6.07 Å². The zero-order valence-electron chi connectivity index (χ0n) is 23.9. The molecule has 2 atom stereocenters. The molecule has 2 fully saturated rings. The van der Waals surface area contributed by atoms with Gasteiger partial charge in [0.2, 0.25) is 0 Å². The molecular formula is C27H38ClN5O8-2. The summed E-state index contributed by atoms with van der Waals surface area (Å²) in [7, 11) is 1.68. The Morgan fingerprint density at radius 3 is 2.41 bits per heavy atom. The van der Waals surface area contributed by atoms with E-state index in [1.54, 1.807) is 13.2 Å². The first-order chi connectivity index (χ1) is 19.3. The van der Waals surface area contributed by atoms with Crippen LogP contribution in [0.3, 0.4) is 0 Å². The number of likely N-dealkylation sites (N-methyl/N-ethyl adjacent to an activating group) is 1. The van der Waals surface area contributed by atoms with Crippen molar-refractivity contribution in [2.24, 2.45) is 0 Å². The Balaban J connectivity index is 0.000000696. The molecular weight excluding hydrogens is 558 g/mol. The number of nitrogens with one attached hydrogen (secondary N) is 1. The third-order valence-corrected chi connectivity index (χ3v) is 7.80. The molecule has 4 rings (SSSR count). The van der Waals surface area contributed by atoms with Gasteiger partial charge in [0.15, 0.2) is 0 Å². The van der Waals surface area contributed by atoms with E-state index < -0.39 is 17.5 Å². The number of methoxy groups -OCH3 is 1. The number of anilines is 1. The Labute approximate surface area is 244 Å². The van der Waals surface area contributed by atoms with Gasteiger partial charge in [-0.15, -0.1) is 0 Å². The minimum absolute atomic E-state index is 0.122. The monoisotopic (exact) mass is 595 g/mol. The molecule has 3 amide bonds. The highest BCUT2D eigenvalue weighted by molar-refractivity contribution is 6.34. The number of benzene rings is 1. The van der Waals surface area contributed by atoms with Gasteiger partial charge in [0.05, 0.1) is 40.4 Å². The summed E-state index contributed by atoms with van der Waals surface area (Å²) in [5, 5.41) is 21.4. The van der Waals surface area contributed by atoms with Gasteiger partial charge in [0, 0.05) is 58.4 Å². The van der Waals surface area contributed by atoms with Gasteiger partial charge in [-0.2, -0.15) is 0 Å². The normalized spacial score (nSPS) is 21.5. The number of carboxylic acids is 2. The molecule has 3 heterocycles. The molecule has 1 aromatic rings. The first-order valence-corrected chi connectivity index (χ1v) is 14.0. The second-order valence-electron chi connectivity index (χ2n) is 10.9. The largest absolute Gasteiger partial charge is 0.543 e. The summed E-state index contributed by atoms with van der Waals surface area (Å²) in [4.78, 5) is 49.6. The van der Waals surface area contributed by atoms with Crippen molar-refractivity contribution in [3.05, 3.63) is 22.2 Å². The van der Waals surface area contributed by atoms with Crippen molar-refractivity contribution in [2.75, 3.05) is 58.7 Å². The molecule has 0 radical (unpaired) electrons. The molecule has 3 N–H and O–H groups in total. The van der Waals surface area contributed by atoms with E-state index in [4.69, 9.17) is 46.6 Å². The van der Waals surface area contributed by atoms with E-state index in [9.17, 15) is 9.59 Å². The van der Waals surface area contributed by atoms with Crippen LogP contribution in [0.5, 0.6) is 5.75 Å². The zero-order valence-corrected chi connectivity index (χ0v) is 24.6. The van der Waals surface area contributed by atoms with Crippen LogP contribution in [0.2, 0.25) is 5.02 Å². The van der Waals surface area contributed by atoms with Crippen molar-refractivity contribution in [3.63, 3.8) is 0 Å². The van der Waals surface area contributed by atoms with E-state index in [-0.39, 0.29) is 24.1 Å². The fourth-order valence-corrected chi connectivity index (χ4v) is 5.57. The van der Waals surface area contributed by atoms with E-state index in [2.05, 4.69) is 10.2 Å². The Hall–Kier alpha value is -3.29. The predicted molar refractivity (Wildman–Crippen MR) is 146 cm³/mol. The summed E-state index contributed by atoms with van der Waals surface area (Å²) in [5.41, 5.74) is 7.42. The molecule has 3 aliphatic heterocycles. The highest BCUT2D eigenvalue weighted by atomic mass is 35.5. The van der Waals surface area contributed by atoms with E-state index in [1.807, 2.05) is 30.6 Å². The maximum atomic E-state index is 13.3. The van der Waals surface area contributed by atoms with Gasteiger partial charge < -0.3 is 55.0 Å². The maximum absolute atomic E-state index is 13.3. The molecule has 41 heavy (non-hydrogen) atoms. The Kier molecular flexibility index (Phi) is 10.7. The van der Waals surface area contributed by atoms with Gasteiger partial charge in [0.25, 0.3) is 5.91 Å². The van der Waals surface area contributed by atoms with Gasteiger partial charge in [-0.1, -0.05) is 11.6 Å². The maximum Gasteiger partial charge on any atom is 0.320 e. The Morgan fingerprint density at radius 2 is 1.83 bits per heavy atom. The molecule has 14 heteroatoms. The number of fused-ring (bicyclic) bond motifs is 1. The first kappa shape index (κ1) is 32.2. The number of ether oxygens (including phenoxy) is 2. The van der Waals surface area contributed by atoms with Crippen molar-refractivity contribution < 1.29 is 38.9 Å². The average molecular weight is 596 g/mol. The molecule has 13 nitrogen and oxygen atoms in total. The zero-order chi connectivity index (χ0) is 30.5. The Morgan fingerprint density at radius 1 is 1.17 bits per heavy atom. The number of aliphatic carboxylic acids is 2. The van der Waals surface area contributed by atoms with Gasteiger partial charge >= 0.3 is 6.03 Å². The van der Waals surface area contributed by atoms with Crippen LogP contribution in [-0.2, 0) is 20.7 Å². The molecule has 2 unspecified atom stereocenters. The second-order valence-corrected chi connectivity index (χ2v) is 11.3. The van der Waals surface area contributed by atoms with Crippen LogP contribution < -0.4 is 26.0 Å². The summed E-state index contributed by atoms with van der Waals surface area (Å²) in [6.07, 6.45) is 2.16. The van der Waals surface area contributed by atoms with Crippen molar-refractivity contribution in [2.45, 2.75) is 57.8 Å². The minimum atomic E-state index is -2.19. The smallest absolute Gasteiger partial charge is 0.320 e. The van der Waals surface area contributed by atoms with Gasteiger partial charge in [-0.05, 0) is 46.2 Å². The van der Waals surface area contributed by atoms with Crippen molar-refractivity contribution >= 4 is 41.2 Å². The number of carbonyl (C=O) groups excluding carboxylic acids is 4. The average Bonchev–Trinajstić information content (AvgIpc) is 3.45. The van der Waals surface area contributed by atoms with Crippen LogP contribution in [0, 0.1) is 0 Å². The molecule has 228 valence electrons. The number of nitrogens with zero attached hydrogens (tertiary/aromatic N) is 3. The van der Waals surface area contributed by atoms with Gasteiger partial charge in [-0.3, -0.25) is 4.79 Å². The van der Waals surface area contributed by atoms with Crippen LogP contribution in [-0.4, -0.2) is 109 Å². The van der Waals surface area contributed by atoms with E-state index in [0.717, 1.165) is 64.2 Å². The molecule has 1 aromatic carbocycles. The lowest BCUT2D eigenvalue weighted by atomic mass is 9.97. The fourth-order valence-electron chi connectivity index (χ4n) is 5.35. The highest BCUT2D eigenvalue weighted by Crippen LogP contribution is 2.44. The van der Waals surface area contributed by atoms with Gasteiger partial charge in [0.1, 0.15) is 11.4 Å². The number of nitrogen functional groups attached to an aromatic ring is 1. The van der Waals surface area contributed by atoms with Crippen LogP contribution in [0.25, 0.3) is 0 Å². The van der Waals surface area contributed by atoms with E-state index in [1.165, 1.54) is 0 Å². The number of nitrogens with two attached hydrogens (primary N) is 1. The number of carbonyl (C=O) groups is 4. The summed E-state index contributed by atoms with van der Waals surface area (Å²) >= 11 is 6.35. The molecule has 0 saturated carbocycles. The summed E-state index contributed by atoms with van der Waals surface area (Å²) in [6, 6.07) is 1.62. The SMILES string of the molecule is CCN1CCN(CCCN2CCC(NC(=O)c3cc(Cl)c(N)c4c3OC(C)(C)C4)C(OC)C2)C1=O.O=C([O-])C(=O)[O-]. The number of amides is 3.